The van der Waals surface area contributed by atoms with E-state index in [1.165, 1.54) is 12.2 Å². The number of nitrogen functional groups attached to an aromatic ring is 2. The van der Waals surface area contributed by atoms with Crippen LogP contribution in [-0.4, -0.2) is 11.9 Å². The molecule has 0 aliphatic rings. The molecule has 0 atom stereocenters. The zero-order valence-corrected chi connectivity index (χ0v) is 16.0. The predicted molar refractivity (Wildman–Crippen MR) is 117 cm³/mol. The molecule has 0 radical (unpaired) electrons. The van der Waals surface area contributed by atoms with E-state index in [1.54, 1.807) is 84.9 Å². The van der Waals surface area contributed by atoms with Gasteiger partial charge in [0.2, 0.25) is 0 Å². The van der Waals surface area contributed by atoms with Crippen LogP contribution in [0.15, 0.2) is 84.9 Å². The highest BCUT2D eigenvalue weighted by Gasteiger charge is 2.02. The number of hydrogen-bond acceptors (Lipinski definition) is 6. The first-order valence-corrected chi connectivity index (χ1v) is 9.09. The summed E-state index contributed by atoms with van der Waals surface area (Å²) in [6.07, 6.45) is 5.90. The molecule has 0 amide bonds. The number of hydrogen-bond donors (Lipinski definition) is 2. The fraction of sp³-hybridized carbons (Fsp3) is 0. The van der Waals surface area contributed by atoms with E-state index >= 15 is 0 Å². The monoisotopic (exact) mass is 400 g/mol. The van der Waals surface area contributed by atoms with Crippen LogP contribution in [0.25, 0.3) is 12.2 Å². The normalized spacial score (nSPS) is 10.9. The van der Waals surface area contributed by atoms with Crippen LogP contribution in [0.5, 0.6) is 11.5 Å². The predicted octanol–water partition coefficient (Wildman–Crippen LogP) is 4.09. The fourth-order valence-electron chi connectivity index (χ4n) is 2.42. The van der Waals surface area contributed by atoms with E-state index < -0.39 is 11.9 Å². The molecule has 3 rings (SSSR count). The zero-order valence-electron chi connectivity index (χ0n) is 16.0. The molecule has 0 unspecified atom stereocenters. The van der Waals surface area contributed by atoms with E-state index in [9.17, 15) is 9.59 Å². The Labute approximate surface area is 174 Å². The van der Waals surface area contributed by atoms with E-state index in [4.69, 9.17) is 20.9 Å². The lowest BCUT2D eigenvalue weighted by atomic mass is 10.2. The molecule has 4 N–H and O–H groups in total. The zero-order chi connectivity index (χ0) is 21.3. The van der Waals surface area contributed by atoms with Gasteiger partial charge >= 0.3 is 11.9 Å². The van der Waals surface area contributed by atoms with Crippen molar-refractivity contribution < 1.29 is 19.1 Å². The van der Waals surface area contributed by atoms with E-state index in [0.717, 1.165) is 11.1 Å². The minimum Gasteiger partial charge on any atom is -0.423 e. The quantitative estimate of drug-likeness (QED) is 0.279. The molecule has 0 spiro atoms. The molecule has 0 aliphatic carbocycles. The minimum atomic E-state index is -0.511. The molecule has 0 saturated heterocycles. The largest absolute Gasteiger partial charge is 0.423 e. The summed E-state index contributed by atoms with van der Waals surface area (Å²) in [4.78, 5) is 23.8. The van der Waals surface area contributed by atoms with Gasteiger partial charge in [-0.3, -0.25) is 0 Å². The molecule has 0 aromatic heterocycles. The summed E-state index contributed by atoms with van der Waals surface area (Å²) in [6.45, 7) is 0. The molecule has 0 aliphatic heterocycles. The van der Waals surface area contributed by atoms with Crippen LogP contribution in [0.4, 0.5) is 11.4 Å². The standard InChI is InChI=1S/C24H20N2O4/c25-19-7-1-17(2-8-19)5-15-23(27)29-21-11-3-18(4-12-21)6-16-24(28)30-22-13-9-20(26)10-14-22/h1-16H,25-26H2/b15-5+,16-6+. The molecule has 150 valence electrons. The average Bonchev–Trinajstić information content (AvgIpc) is 2.74. The number of ether oxygens (including phenoxy) is 2. The summed E-state index contributed by atoms with van der Waals surface area (Å²) in [7, 11) is 0. The summed E-state index contributed by atoms with van der Waals surface area (Å²) in [5.41, 5.74) is 14.0. The van der Waals surface area contributed by atoms with Crippen molar-refractivity contribution in [1.82, 2.24) is 0 Å². The molecular weight excluding hydrogens is 380 g/mol. The van der Waals surface area contributed by atoms with Crippen LogP contribution < -0.4 is 20.9 Å². The van der Waals surface area contributed by atoms with Gasteiger partial charge in [0.1, 0.15) is 11.5 Å². The van der Waals surface area contributed by atoms with Crippen molar-refractivity contribution in [3.63, 3.8) is 0 Å². The third-order valence-corrected chi connectivity index (χ3v) is 3.96. The maximum Gasteiger partial charge on any atom is 0.336 e. The Hall–Kier alpha value is -4.32. The molecule has 3 aromatic rings. The number of esters is 2. The second kappa shape index (κ2) is 9.75. The smallest absolute Gasteiger partial charge is 0.336 e. The van der Waals surface area contributed by atoms with Gasteiger partial charge < -0.3 is 20.9 Å². The highest BCUT2D eigenvalue weighted by molar-refractivity contribution is 5.89. The number of rotatable bonds is 6. The van der Waals surface area contributed by atoms with E-state index in [2.05, 4.69) is 0 Å². The molecule has 0 bridgehead atoms. The Morgan fingerprint density at radius 2 is 0.900 bits per heavy atom. The lowest BCUT2D eigenvalue weighted by Crippen LogP contribution is -2.04. The molecular formula is C24H20N2O4. The van der Waals surface area contributed by atoms with E-state index in [-0.39, 0.29) is 0 Å². The van der Waals surface area contributed by atoms with Crippen LogP contribution in [0.2, 0.25) is 0 Å². The van der Waals surface area contributed by atoms with Crippen LogP contribution in [0, 0.1) is 0 Å². The first-order valence-electron chi connectivity index (χ1n) is 9.09. The molecule has 6 nitrogen and oxygen atoms in total. The topological polar surface area (TPSA) is 105 Å². The molecule has 3 aromatic carbocycles. The third kappa shape index (κ3) is 6.38. The first kappa shape index (κ1) is 20.4. The van der Waals surface area contributed by atoms with Gasteiger partial charge in [-0.05, 0) is 71.8 Å². The molecule has 6 heteroatoms. The van der Waals surface area contributed by atoms with Crippen molar-refractivity contribution in [2.45, 2.75) is 0 Å². The number of benzene rings is 3. The van der Waals surface area contributed by atoms with Gasteiger partial charge in [-0.15, -0.1) is 0 Å². The Morgan fingerprint density at radius 3 is 1.33 bits per heavy atom. The molecule has 0 saturated carbocycles. The summed E-state index contributed by atoms with van der Waals surface area (Å²) in [5.74, 6) is -0.207. The highest BCUT2D eigenvalue weighted by Crippen LogP contribution is 2.16. The van der Waals surface area contributed by atoms with Gasteiger partial charge in [0.15, 0.2) is 0 Å². The maximum absolute atomic E-state index is 11.9. The van der Waals surface area contributed by atoms with Crippen molar-refractivity contribution in [2.75, 3.05) is 11.5 Å². The summed E-state index contributed by atoms with van der Waals surface area (Å²) in [5, 5.41) is 0. The van der Waals surface area contributed by atoms with Gasteiger partial charge in [0.05, 0.1) is 0 Å². The number of carbonyl (C=O) groups excluding carboxylic acids is 2. The van der Waals surface area contributed by atoms with E-state index in [1.807, 2.05) is 0 Å². The summed E-state index contributed by atoms with van der Waals surface area (Å²) in [6, 6.07) is 20.4. The lowest BCUT2D eigenvalue weighted by molar-refractivity contribution is -0.129. The fourth-order valence-corrected chi connectivity index (χ4v) is 2.42. The number of carbonyl (C=O) groups is 2. The number of anilines is 2. The first-order chi connectivity index (χ1) is 14.5. The van der Waals surface area contributed by atoms with Crippen molar-refractivity contribution in [2.24, 2.45) is 0 Å². The second-order valence-electron chi connectivity index (χ2n) is 6.31. The molecule has 30 heavy (non-hydrogen) atoms. The minimum absolute atomic E-state index is 0.392. The second-order valence-corrected chi connectivity index (χ2v) is 6.31. The Balaban J connectivity index is 1.51. The van der Waals surface area contributed by atoms with Crippen LogP contribution in [0.3, 0.4) is 0 Å². The van der Waals surface area contributed by atoms with Gasteiger partial charge in [-0.25, -0.2) is 9.59 Å². The van der Waals surface area contributed by atoms with Crippen LogP contribution in [-0.2, 0) is 9.59 Å². The Kier molecular flexibility index (Phi) is 6.63. The van der Waals surface area contributed by atoms with Gasteiger partial charge in [-0.1, -0.05) is 24.3 Å². The van der Waals surface area contributed by atoms with Crippen LogP contribution >= 0.6 is 0 Å². The Bertz CT molecular complexity index is 1070. The van der Waals surface area contributed by atoms with Crippen molar-refractivity contribution in [3.05, 3.63) is 96.1 Å². The van der Waals surface area contributed by atoms with Gasteiger partial charge in [0.25, 0.3) is 0 Å². The average molecular weight is 400 g/mol. The lowest BCUT2D eigenvalue weighted by Gasteiger charge is -2.02. The van der Waals surface area contributed by atoms with E-state index in [0.29, 0.717) is 22.9 Å². The SMILES string of the molecule is Nc1ccc(/C=C/C(=O)Oc2ccc(/C=C/C(=O)Oc3ccc(N)cc3)cc2)cc1. The molecule has 0 heterocycles. The van der Waals surface area contributed by atoms with Crippen molar-refractivity contribution in [3.8, 4) is 11.5 Å². The van der Waals surface area contributed by atoms with Gasteiger partial charge in [-0.2, -0.15) is 0 Å². The summed E-state index contributed by atoms with van der Waals surface area (Å²) >= 11 is 0. The van der Waals surface area contributed by atoms with Crippen LogP contribution in [0.1, 0.15) is 11.1 Å². The maximum atomic E-state index is 11.9. The molecule has 0 fully saturated rings. The van der Waals surface area contributed by atoms with Gasteiger partial charge in [0, 0.05) is 23.5 Å². The number of nitrogens with two attached hydrogens (primary N) is 2. The Morgan fingerprint density at radius 1 is 0.567 bits per heavy atom. The summed E-state index contributed by atoms with van der Waals surface area (Å²) < 4.78 is 10.4. The highest BCUT2D eigenvalue weighted by atomic mass is 16.5. The van der Waals surface area contributed by atoms with Crippen molar-refractivity contribution in [1.29, 1.82) is 0 Å². The third-order valence-electron chi connectivity index (χ3n) is 3.96. The van der Waals surface area contributed by atoms with Crippen molar-refractivity contribution >= 4 is 35.5 Å².